The molecular weight excluding hydrogens is 438 g/mol. The van der Waals surface area contributed by atoms with Gasteiger partial charge in [0, 0.05) is 30.3 Å². The summed E-state index contributed by atoms with van der Waals surface area (Å²) in [6.45, 7) is 5.90. The van der Waals surface area contributed by atoms with Crippen LogP contribution in [-0.4, -0.2) is 58.9 Å². The first-order chi connectivity index (χ1) is 15.2. The maximum Gasteiger partial charge on any atom is 0.295 e. The Morgan fingerprint density at radius 1 is 1.22 bits per heavy atom. The Balaban J connectivity index is 1.62. The largest absolute Gasteiger partial charge is 0.390 e. The fraction of sp³-hybridized carbons (Fsp3) is 0.565. The van der Waals surface area contributed by atoms with Crippen LogP contribution in [0.25, 0.3) is 0 Å². The minimum absolute atomic E-state index is 0.174. The molecule has 1 aromatic carbocycles. The van der Waals surface area contributed by atoms with E-state index in [0.717, 1.165) is 56.8 Å². The third kappa shape index (κ3) is 4.88. The zero-order valence-corrected chi connectivity index (χ0v) is 19.1. The summed E-state index contributed by atoms with van der Waals surface area (Å²) < 4.78 is 33.6. The summed E-state index contributed by atoms with van der Waals surface area (Å²) in [5.41, 5.74) is 1.70. The van der Waals surface area contributed by atoms with Gasteiger partial charge in [0.1, 0.15) is 12.4 Å². The molecule has 1 aliphatic heterocycles. The van der Waals surface area contributed by atoms with Crippen molar-refractivity contribution in [1.29, 1.82) is 0 Å². The second-order valence-electron chi connectivity index (χ2n) is 9.00. The van der Waals surface area contributed by atoms with Crippen molar-refractivity contribution in [3.8, 4) is 0 Å². The van der Waals surface area contributed by atoms with Gasteiger partial charge in [0.25, 0.3) is 5.92 Å². The van der Waals surface area contributed by atoms with Crippen molar-refractivity contribution in [1.82, 2.24) is 14.9 Å². The number of aromatic nitrogens is 2. The monoisotopic (exact) mass is 466 g/mol. The second-order valence-corrected chi connectivity index (χ2v) is 9.34. The predicted octanol–water partition coefficient (Wildman–Crippen LogP) is 3.75. The van der Waals surface area contributed by atoms with Gasteiger partial charge in [-0.1, -0.05) is 18.2 Å². The number of alkyl halides is 2. The first-order valence-electron chi connectivity index (χ1n) is 10.9. The van der Waals surface area contributed by atoms with Crippen LogP contribution in [0.5, 0.6) is 0 Å². The standard InChI is InChI=1S/C23H29ClF2N4O2/c1-22(2,15-4-3-5-16(12-15)23(25,26)14-31)29-20-18-13-17(30-8-10-32-11-9-30)6-7-19(18)27-21(24)28-20/h3-5,12,17,31H,6-11,13-14H2,1-2H3,(H,27,28,29). The van der Waals surface area contributed by atoms with E-state index in [1.807, 2.05) is 13.8 Å². The summed E-state index contributed by atoms with van der Waals surface area (Å²) in [6, 6.07) is 6.50. The van der Waals surface area contributed by atoms with E-state index < -0.39 is 18.1 Å². The summed E-state index contributed by atoms with van der Waals surface area (Å²) in [6.07, 6.45) is 2.61. The highest BCUT2D eigenvalue weighted by atomic mass is 35.5. The quantitative estimate of drug-likeness (QED) is 0.632. The van der Waals surface area contributed by atoms with Gasteiger partial charge < -0.3 is 15.2 Å². The minimum atomic E-state index is -3.30. The maximum atomic E-state index is 14.1. The van der Waals surface area contributed by atoms with Crippen molar-refractivity contribution >= 4 is 17.4 Å². The first kappa shape index (κ1) is 23.3. The van der Waals surface area contributed by atoms with Gasteiger partial charge in [-0.25, -0.2) is 9.97 Å². The predicted molar refractivity (Wildman–Crippen MR) is 119 cm³/mol. The third-order valence-corrected chi connectivity index (χ3v) is 6.59. The summed E-state index contributed by atoms with van der Waals surface area (Å²) in [4.78, 5) is 11.4. The highest BCUT2D eigenvalue weighted by Gasteiger charge is 2.34. The highest BCUT2D eigenvalue weighted by molar-refractivity contribution is 6.28. The number of anilines is 1. The molecule has 0 saturated carbocycles. The second kappa shape index (κ2) is 9.17. The number of morpholine rings is 1. The molecule has 0 bridgehead atoms. The zero-order chi connectivity index (χ0) is 22.9. The van der Waals surface area contributed by atoms with Crippen LogP contribution in [0.15, 0.2) is 24.3 Å². The molecule has 1 fully saturated rings. The van der Waals surface area contributed by atoms with Crippen LogP contribution in [-0.2, 0) is 29.0 Å². The van der Waals surface area contributed by atoms with E-state index in [-0.39, 0.29) is 10.8 Å². The smallest absolute Gasteiger partial charge is 0.295 e. The molecule has 2 N–H and O–H groups in total. The molecule has 9 heteroatoms. The highest BCUT2D eigenvalue weighted by Crippen LogP contribution is 2.35. The lowest BCUT2D eigenvalue weighted by Crippen LogP contribution is -2.46. The number of nitrogens with zero attached hydrogens (tertiary/aromatic N) is 3. The van der Waals surface area contributed by atoms with Crippen molar-refractivity contribution in [2.24, 2.45) is 0 Å². The maximum absolute atomic E-state index is 14.1. The lowest BCUT2D eigenvalue weighted by Gasteiger charge is -2.38. The molecule has 4 rings (SSSR count). The van der Waals surface area contributed by atoms with Crippen LogP contribution in [0.2, 0.25) is 5.28 Å². The molecule has 1 aromatic heterocycles. The number of aliphatic hydroxyl groups is 1. The van der Waals surface area contributed by atoms with Crippen molar-refractivity contribution in [3.05, 3.63) is 51.9 Å². The SMILES string of the molecule is CC(C)(Nc1nc(Cl)nc2c1CC(N1CCOCC1)CC2)c1cccc(C(F)(F)CO)c1. The summed E-state index contributed by atoms with van der Waals surface area (Å²) in [5.74, 6) is -2.66. The normalized spacial score (nSPS) is 20.1. The molecule has 2 aromatic rings. The molecule has 2 heterocycles. The molecule has 1 saturated heterocycles. The average Bonchev–Trinajstić information content (AvgIpc) is 2.79. The van der Waals surface area contributed by atoms with Gasteiger partial charge >= 0.3 is 0 Å². The first-order valence-corrected chi connectivity index (χ1v) is 11.3. The van der Waals surface area contributed by atoms with Crippen LogP contribution in [0.3, 0.4) is 0 Å². The van der Waals surface area contributed by atoms with E-state index in [9.17, 15) is 8.78 Å². The minimum Gasteiger partial charge on any atom is -0.390 e. The average molecular weight is 467 g/mol. The van der Waals surface area contributed by atoms with Gasteiger partial charge in [-0.15, -0.1) is 0 Å². The number of rotatable bonds is 6. The number of hydrogen-bond donors (Lipinski definition) is 2. The van der Waals surface area contributed by atoms with Gasteiger partial charge in [0.15, 0.2) is 0 Å². The molecule has 2 aliphatic rings. The van der Waals surface area contributed by atoms with E-state index in [1.54, 1.807) is 12.1 Å². The number of nitrogens with one attached hydrogen (secondary N) is 1. The molecule has 1 unspecified atom stereocenters. The number of halogens is 3. The van der Waals surface area contributed by atoms with E-state index >= 15 is 0 Å². The molecule has 1 atom stereocenters. The van der Waals surface area contributed by atoms with Crippen LogP contribution in [0.1, 0.15) is 42.7 Å². The lowest BCUT2D eigenvalue weighted by atomic mass is 9.88. The van der Waals surface area contributed by atoms with Gasteiger partial charge in [0.2, 0.25) is 5.28 Å². The lowest BCUT2D eigenvalue weighted by molar-refractivity contribution is -0.0557. The number of fused-ring (bicyclic) bond motifs is 1. The number of ether oxygens (including phenoxy) is 1. The van der Waals surface area contributed by atoms with Crippen LogP contribution in [0, 0.1) is 0 Å². The number of benzene rings is 1. The summed E-state index contributed by atoms with van der Waals surface area (Å²) in [5, 5.41) is 12.7. The summed E-state index contributed by atoms with van der Waals surface area (Å²) in [7, 11) is 0. The Labute approximate surface area is 192 Å². The topological polar surface area (TPSA) is 70.5 Å². The Morgan fingerprint density at radius 2 is 1.94 bits per heavy atom. The molecule has 32 heavy (non-hydrogen) atoms. The van der Waals surface area contributed by atoms with Crippen molar-refractivity contribution in [2.75, 3.05) is 38.2 Å². The van der Waals surface area contributed by atoms with Crippen LogP contribution < -0.4 is 5.32 Å². The van der Waals surface area contributed by atoms with E-state index in [2.05, 4.69) is 20.2 Å². The van der Waals surface area contributed by atoms with E-state index in [0.29, 0.717) is 17.4 Å². The molecule has 174 valence electrons. The van der Waals surface area contributed by atoms with Gasteiger partial charge in [-0.05, 0) is 56.3 Å². The molecule has 0 amide bonds. The molecule has 0 radical (unpaired) electrons. The number of hydrogen-bond acceptors (Lipinski definition) is 6. The Bertz CT molecular complexity index is 967. The third-order valence-electron chi connectivity index (χ3n) is 6.42. The van der Waals surface area contributed by atoms with E-state index in [4.69, 9.17) is 21.4 Å². The molecular formula is C23H29ClF2N4O2. The van der Waals surface area contributed by atoms with Crippen molar-refractivity contribution in [2.45, 2.75) is 50.6 Å². The Kier molecular flexibility index (Phi) is 6.68. The Morgan fingerprint density at radius 3 is 2.66 bits per heavy atom. The van der Waals surface area contributed by atoms with Crippen LogP contribution >= 0.6 is 11.6 Å². The number of aliphatic hydroxyl groups excluding tert-OH is 1. The van der Waals surface area contributed by atoms with E-state index in [1.165, 1.54) is 12.1 Å². The fourth-order valence-corrected chi connectivity index (χ4v) is 4.70. The fourth-order valence-electron chi connectivity index (χ4n) is 4.52. The molecule has 6 nitrogen and oxygen atoms in total. The molecule has 1 aliphatic carbocycles. The Hall–Kier alpha value is -1.87. The van der Waals surface area contributed by atoms with Crippen LogP contribution in [0.4, 0.5) is 14.6 Å². The van der Waals surface area contributed by atoms with Crippen molar-refractivity contribution in [3.63, 3.8) is 0 Å². The zero-order valence-electron chi connectivity index (χ0n) is 18.4. The van der Waals surface area contributed by atoms with Crippen molar-refractivity contribution < 1.29 is 18.6 Å². The van der Waals surface area contributed by atoms with Gasteiger partial charge in [0.05, 0.1) is 24.4 Å². The van der Waals surface area contributed by atoms with Gasteiger partial charge in [-0.2, -0.15) is 8.78 Å². The molecule has 0 spiro atoms. The number of aryl methyl sites for hydroxylation is 1. The van der Waals surface area contributed by atoms with Gasteiger partial charge in [-0.3, -0.25) is 4.90 Å². The summed E-state index contributed by atoms with van der Waals surface area (Å²) >= 11 is 6.23.